The minimum atomic E-state index is -1.24. The van der Waals surface area contributed by atoms with Crippen molar-refractivity contribution in [2.75, 3.05) is 18.0 Å². The van der Waals surface area contributed by atoms with E-state index in [9.17, 15) is 19.6 Å². The predicted octanol–water partition coefficient (Wildman–Crippen LogP) is 4.99. The number of benzene rings is 2. The van der Waals surface area contributed by atoms with Gasteiger partial charge in [-0.05, 0) is 31.0 Å². The Balaban J connectivity index is 1.36. The van der Waals surface area contributed by atoms with Gasteiger partial charge in [0.2, 0.25) is 5.95 Å². The van der Waals surface area contributed by atoms with Gasteiger partial charge < -0.3 is 15.3 Å². The monoisotopic (exact) mass is 579 g/mol. The molecule has 14 heteroatoms. The van der Waals surface area contributed by atoms with Gasteiger partial charge in [-0.3, -0.25) is 9.78 Å². The van der Waals surface area contributed by atoms with Crippen LogP contribution in [0.25, 0.3) is 33.2 Å². The zero-order valence-corrected chi connectivity index (χ0v) is 22.4. The lowest BCUT2D eigenvalue weighted by Crippen LogP contribution is -2.53. The van der Waals surface area contributed by atoms with E-state index in [-0.39, 0.29) is 30.0 Å². The SMILES string of the molecule is Cn1nc2ccc(-c3n[nH]c4nc(N5CCC(NC(=O)O)(c6ccccc6F)CC5)nc(C#N)c34)c(Cl)c2c1Cl. The number of piperidine rings is 1. The van der Waals surface area contributed by atoms with Crippen LogP contribution in [0, 0.1) is 17.1 Å². The summed E-state index contributed by atoms with van der Waals surface area (Å²) >= 11 is 13.1. The Morgan fingerprint density at radius 1 is 1.18 bits per heavy atom. The fourth-order valence-corrected chi connectivity index (χ4v) is 5.95. The maximum absolute atomic E-state index is 14.7. The molecule has 1 amide bonds. The Kier molecular flexibility index (Phi) is 6.20. The molecular weight excluding hydrogens is 560 g/mol. The van der Waals surface area contributed by atoms with Gasteiger partial charge in [-0.2, -0.15) is 20.4 Å². The van der Waals surface area contributed by atoms with Crippen LogP contribution >= 0.6 is 23.2 Å². The molecule has 11 nitrogen and oxygen atoms in total. The molecule has 1 saturated heterocycles. The number of amides is 1. The highest BCUT2D eigenvalue weighted by atomic mass is 35.5. The molecule has 6 rings (SSSR count). The van der Waals surface area contributed by atoms with Crippen LogP contribution in [0.3, 0.4) is 0 Å². The van der Waals surface area contributed by atoms with Crippen LogP contribution in [0.4, 0.5) is 15.1 Å². The number of fused-ring (bicyclic) bond motifs is 2. The third-order valence-corrected chi connectivity index (χ3v) is 8.10. The Labute approximate surface area is 236 Å². The molecule has 4 heterocycles. The number of anilines is 1. The molecule has 0 bridgehead atoms. The van der Waals surface area contributed by atoms with Crippen molar-refractivity contribution in [3.63, 3.8) is 0 Å². The van der Waals surface area contributed by atoms with Crippen LogP contribution in [0.5, 0.6) is 0 Å². The molecule has 1 aliphatic heterocycles. The molecule has 0 saturated carbocycles. The number of hydrogen-bond donors (Lipinski definition) is 3. The largest absolute Gasteiger partial charge is 0.465 e. The minimum absolute atomic E-state index is 0.0896. The van der Waals surface area contributed by atoms with Crippen molar-refractivity contribution in [3.05, 3.63) is 63.6 Å². The van der Waals surface area contributed by atoms with Crippen molar-refractivity contribution < 1.29 is 14.3 Å². The molecule has 0 radical (unpaired) electrons. The molecule has 0 unspecified atom stereocenters. The maximum Gasteiger partial charge on any atom is 0.405 e. The fraction of sp³-hybridized carbons (Fsp3) is 0.231. The highest BCUT2D eigenvalue weighted by Crippen LogP contribution is 2.40. The zero-order valence-electron chi connectivity index (χ0n) is 20.9. The van der Waals surface area contributed by atoms with Crippen molar-refractivity contribution in [1.29, 1.82) is 5.26 Å². The Bertz CT molecular complexity index is 1850. The summed E-state index contributed by atoms with van der Waals surface area (Å²) in [5.74, 6) is -0.211. The van der Waals surface area contributed by atoms with E-state index in [4.69, 9.17) is 23.2 Å². The molecule has 202 valence electrons. The number of aromatic amines is 1. The van der Waals surface area contributed by atoms with E-state index in [0.717, 1.165) is 0 Å². The van der Waals surface area contributed by atoms with E-state index < -0.39 is 17.4 Å². The highest BCUT2D eigenvalue weighted by Gasteiger charge is 2.40. The van der Waals surface area contributed by atoms with E-state index in [2.05, 4.69) is 36.7 Å². The number of halogens is 3. The molecule has 1 fully saturated rings. The molecule has 1 aliphatic rings. The third kappa shape index (κ3) is 4.06. The third-order valence-electron chi connectivity index (χ3n) is 7.27. The van der Waals surface area contributed by atoms with Crippen LogP contribution in [0.2, 0.25) is 10.2 Å². The van der Waals surface area contributed by atoms with Crippen molar-refractivity contribution >= 4 is 57.2 Å². The van der Waals surface area contributed by atoms with E-state index in [1.165, 1.54) is 10.7 Å². The van der Waals surface area contributed by atoms with Gasteiger partial charge in [-0.15, -0.1) is 0 Å². The molecule has 3 aromatic heterocycles. The number of nitrogens with one attached hydrogen (secondary N) is 2. The molecule has 0 aliphatic carbocycles. The zero-order chi connectivity index (χ0) is 28.2. The lowest BCUT2D eigenvalue weighted by Gasteiger charge is -2.42. The Hall–Kier alpha value is -4.47. The van der Waals surface area contributed by atoms with Crippen LogP contribution in [0.15, 0.2) is 36.4 Å². The number of aryl methyl sites for hydroxylation is 1. The average Bonchev–Trinajstić information content (AvgIpc) is 3.49. The van der Waals surface area contributed by atoms with Gasteiger partial charge in [0.05, 0.1) is 26.9 Å². The fourth-order valence-electron chi connectivity index (χ4n) is 5.34. The first-order chi connectivity index (χ1) is 19.2. The van der Waals surface area contributed by atoms with Gasteiger partial charge in [-0.25, -0.2) is 14.2 Å². The minimum Gasteiger partial charge on any atom is -0.465 e. The van der Waals surface area contributed by atoms with Gasteiger partial charge in [-0.1, -0.05) is 41.4 Å². The number of carboxylic acid groups (broad SMARTS) is 1. The van der Waals surface area contributed by atoms with Crippen LogP contribution in [0.1, 0.15) is 24.1 Å². The molecule has 3 N–H and O–H groups in total. The quantitative estimate of drug-likeness (QED) is 0.269. The number of H-pyrrole nitrogens is 1. The first-order valence-corrected chi connectivity index (χ1v) is 13.0. The normalized spacial score (nSPS) is 14.9. The predicted molar refractivity (Wildman–Crippen MR) is 147 cm³/mol. The van der Waals surface area contributed by atoms with Gasteiger partial charge in [0.25, 0.3) is 0 Å². The standard InChI is InChI=1S/C26H20Cl2FN9O2/c1-37-22(28)18-16(36-37)7-6-13(20(18)27)21-19-17(12-30)31-24(32-23(19)35-34-21)38-10-8-26(9-11-38,33-25(39)40)14-4-2-3-5-15(14)29/h2-7,33H,8-11H2,1H3,(H,39,40)(H,31,32,34,35). The molecule has 2 aromatic carbocycles. The average molecular weight is 580 g/mol. The number of aromatic nitrogens is 6. The Morgan fingerprint density at radius 2 is 1.93 bits per heavy atom. The summed E-state index contributed by atoms with van der Waals surface area (Å²) in [4.78, 5) is 22.6. The Morgan fingerprint density at radius 3 is 2.62 bits per heavy atom. The van der Waals surface area contributed by atoms with E-state index in [1.807, 2.05) is 4.90 Å². The van der Waals surface area contributed by atoms with Crippen molar-refractivity contribution in [2.45, 2.75) is 18.4 Å². The van der Waals surface area contributed by atoms with Crippen LogP contribution in [-0.4, -0.2) is 54.2 Å². The molecule has 40 heavy (non-hydrogen) atoms. The van der Waals surface area contributed by atoms with E-state index in [0.29, 0.717) is 56.5 Å². The van der Waals surface area contributed by atoms with Gasteiger partial charge in [0, 0.05) is 31.3 Å². The highest BCUT2D eigenvalue weighted by molar-refractivity contribution is 6.43. The topological polar surface area (TPSA) is 149 Å². The van der Waals surface area contributed by atoms with E-state index >= 15 is 0 Å². The number of nitrogens with zero attached hydrogens (tertiary/aromatic N) is 7. The number of nitriles is 1. The number of hydrogen-bond acceptors (Lipinski definition) is 7. The van der Waals surface area contributed by atoms with Gasteiger partial charge in [0.1, 0.15) is 22.7 Å². The maximum atomic E-state index is 14.7. The summed E-state index contributed by atoms with van der Waals surface area (Å²) in [6, 6.07) is 11.8. The molecule has 0 spiro atoms. The van der Waals surface area contributed by atoms with Crippen molar-refractivity contribution in [1.82, 2.24) is 35.3 Å². The molecule has 5 aromatic rings. The first-order valence-electron chi connectivity index (χ1n) is 12.2. The summed E-state index contributed by atoms with van der Waals surface area (Å²) in [6.07, 6.45) is -0.714. The number of carbonyl (C=O) groups is 1. The molecular formula is C26H20Cl2FN9O2. The smallest absolute Gasteiger partial charge is 0.405 e. The lowest BCUT2D eigenvalue weighted by atomic mass is 9.80. The lowest BCUT2D eigenvalue weighted by molar-refractivity contribution is 0.166. The van der Waals surface area contributed by atoms with Crippen LogP contribution < -0.4 is 10.2 Å². The van der Waals surface area contributed by atoms with Crippen molar-refractivity contribution in [2.24, 2.45) is 7.05 Å². The summed E-state index contributed by atoms with van der Waals surface area (Å²) in [5.41, 5.74) is 1.15. The van der Waals surface area contributed by atoms with Gasteiger partial charge >= 0.3 is 6.09 Å². The van der Waals surface area contributed by atoms with E-state index in [1.54, 1.807) is 37.4 Å². The first kappa shape index (κ1) is 25.8. The second-order valence-corrected chi connectivity index (χ2v) is 10.2. The summed E-state index contributed by atoms with van der Waals surface area (Å²) in [6.45, 7) is 0.627. The van der Waals surface area contributed by atoms with Crippen LogP contribution in [-0.2, 0) is 12.6 Å². The summed E-state index contributed by atoms with van der Waals surface area (Å²) in [7, 11) is 1.71. The second-order valence-electron chi connectivity index (χ2n) is 9.49. The second kappa shape index (κ2) is 9.62. The van der Waals surface area contributed by atoms with Crippen molar-refractivity contribution in [3.8, 4) is 17.3 Å². The summed E-state index contributed by atoms with van der Waals surface area (Å²) < 4.78 is 16.2. The number of rotatable bonds is 4. The van der Waals surface area contributed by atoms with Gasteiger partial charge in [0.15, 0.2) is 11.3 Å². The molecule has 0 atom stereocenters. The summed E-state index contributed by atoms with van der Waals surface area (Å²) in [5, 5.41) is 35.3.